The van der Waals surface area contributed by atoms with E-state index in [4.69, 9.17) is 4.74 Å². The lowest BCUT2D eigenvalue weighted by Gasteiger charge is -2.37. The summed E-state index contributed by atoms with van der Waals surface area (Å²) in [6.45, 7) is 8.98. The van der Waals surface area contributed by atoms with E-state index in [2.05, 4.69) is 25.7 Å². The molecule has 1 rings (SSSR count). The largest absolute Gasteiger partial charge is 0.469 e. The lowest BCUT2D eigenvalue weighted by atomic mass is 9.86. The van der Waals surface area contributed by atoms with E-state index in [-0.39, 0.29) is 5.97 Å². The number of hydrogen-bond donors (Lipinski definition) is 0. The number of methoxy groups -OCH3 is 1. The van der Waals surface area contributed by atoms with Crippen LogP contribution >= 0.6 is 0 Å². The second-order valence-corrected chi connectivity index (χ2v) is 5.25. The van der Waals surface area contributed by atoms with Crippen LogP contribution in [0.5, 0.6) is 0 Å². The molecule has 0 aliphatic carbocycles. The van der Waals surface area contributed by atoms with Gasteiger partial charge in [0.25, 0.3) is 0 Å². The van der Waals surface area contributed by atoms with Crippen LogP contribution in [0.25, 0.3) is 0 Å². The Labute approximate surface area is 99.1 Å². The van der Waals surface area contributed by atoms with Gasteiger partial charge in [0.1, 0.15) is 0 Å². The molecule has 0 aromatic heterocycles. The summed E-state index contributed by atoms with van der Waals surface area (Å²) >= 11 is 0. The number of rotatable bonds is 4. The van der Waals surface area contributed by atoms with Crippen LogP contribution in [0.3, 0.4) is 0 Å². The number of esters is 1. The molecule has 0 spiro atoms. The maximum Gasteiger partial charge on any atom is 0.307 e. The summed E-state index contributed by atoms with van der Waals surface area (Å²) in [6.07, 6.45) is 3.05. The average molecular weight is 227 g/mol. The van der Waals surface area contributed by atoms with Crippen molar-refractivity contribution in [1.82, 2.24) is 4.90 Å². The lowest BCUT2D eigenvalue weighted by molar-refractivity contribution is -0.142. The van der Waals surface area contributed by atoms with Gasteiger partial charge in [0, 0.05) is 6.04 Å². The molecule has 0 aromatic carbocycles. The Balaban J connectivity index is 2.32. The normalized spacial score (nSPS) is 21.1. The Kier molecular flexibility index (Phi) is 5.26. The van der Waals surface area contributed by atoms with Crippen LogP contribution in [0.1, 0.15) is 40.0 Å². The zero-order valence-corrected chi connectivity index (χ0v) is 11.0. The topological polar surface area (TPSA) is 29.5 Å². The first kappa shape index (κ1) is 13.5. The molecule has 94 valence electrons. The molecular formula is C13H25NO2. The van der Waals surface area contributed by atoms with Gasteiger partial charge in [-0.3, -0.25) is 4.79 Å². The molecule has 16 heavy (non-hydrogen) atoms. The van der Waals surface area contributed by atoms with Gasteiger partial charge in [-0.2, -0.15) is 0 Å². The zero-order chi connectivity index (χ0) is 12.1. The van der Waals surface area contributed by atoms with E-state index in [0.717, 1.165) is 24.9 Å². The molecule has 0 radical (unpaired) electrons. The quantitative estimate of drug-likeness (QED) is 0.690. The highest BCUT2D eigenvalue weighted by Gasteiger charge is 2.25. The maximum atomic E-state index is 11.2. The van der Waals surface area contributed by atoms with Crippen LogP contribution in [0.2, 0.25) is 0 Å². The third kappa shape index (κ3) is 3.78. The van der Waals surface area contributed by atoms with Crippen LogP contribution in [0.15, 0.2) is 0 Å². The van der Waals surface area contributed by atoms with E-state index in [1.165, 1.54) is 20.0 Å². The fraction of sp³-hybridized carbons (Fsp3) is 0.923. The van der Waals surface area contributed by atoms with Crippen molar-refractivity contribution in [2.45, 2.75) is 46.1 Å². The fourth-order valence-corrected chi connectivity index (χ4v) is 2.48. The van der Waals surface area contributed by atoms with E-state index in [1.54, 1.807) is 0 Å². The first-order valence-corrected chi connectivity index (χ1v) is 6.35. The van der Waals surface area contributed by atoms with Crippen LogP contribution < -0.4 is 0 Å². The summed E-state index contributed by atoms with van der Waals surface area (Å²) in [5.41, 5.74) is 0. The molecule has 1 aliphatic rings. The van der Waals surface area contributed by atoms with Gasteiger partial charge in [-0.1, -0.05) is 13.8 Å². The van der Waals surface area contributed by atoms with Crippen molar-refractivity contribution < 1.29 is 9.53 Å². The molecule has 3 heteroatoms. The Morgan fingerprint density at radius 1 is 1.31 bits per heavy atom. The number of piperidine rings is 1. The minimum absolute atomic E-state index is 0.0986. The fourth-order valence-electron chi connectivity index (χ4n) is 2.48. The molecule has 0 aromatic rings. The smallest absolute Gasteiger partial charge is 0.307 e. The minimum Gasteiger partial charge on any atom is -0.469 e. The van der Waals surface area contributed by atoms with Crippen LogP contribution in [0.4, 0.5) is 0 Å². The third-order valence-electron chi connectivity index (χ3n) is 3.83. The lowest BCUT2D eigenvalue weighted by Crippen LogP contribution is -2.41. The molecule has 1 aliphatic heterocycles. The molecule has 3 nitrogen and oxygen atoms in total. The van der Waals surface area contributed by atoms with Gasteiger partial charge in [-0.05, 0) is 44.7 Å². The number of carbonyl (C=O) groups is 1. The molecule has 1 unspecified atom stereocenters. The first-order valence-electron chi connectivity index (χ1n) is 6.35. The zero-order valence-electron chi connectivity index (χ0n) is 11.0. The number of hydrogen-bond acceptors (Lipinski definition) is 3. The summed E-state index contributed by atoms with van der Waals surface area (Å²) < 4.78 is 4.71. The van der Waals surface area contributed by atoms with Crippen molar-refractivity contribution in [3.05, 3.63) is 0 Å². The predicted octanol–water partition coefficient (Wildman–Crippen LogP) is 2.31. The van der Waals surface area contributed by atoms with E-state index in [0.29, 0.717) is 12.5 Å². The van der Waals surface area contributed by atoms with Crippen molar-refractivity contribution in [3.8, 4) is 0 Å². The third-order valence-corrected chi connectivity index (χ3v) is 3.83. The van der Waals surface area contributed by atoms with Crippen LogP contribution in [-0.2, 0) is 9.53 Å². The second-order valence-electron chi connectivity index (χ2n) is 5.25. The van der Waals surface area contributed by atoms with E-state index < -0.39 is 0 Å². The summed E-state index contributed by atoms with van der Waals surface area (Å²) in [5, 5.41) is 0. The molecule has 1 fully saturated rings. The number of likely N-dealkylation sites (tertiary alicyclic amines) is 1. The van der Waals surface area contributed by atoms with Gasteiger partial charge >= 0.3 is 5.97 Å². The van der Waals surface area contributed by atoms with Gasteiger partial charge < -0.3 is 9.64 Å². The highest BCUT2D eigenvalue weighted by atomic mass is 16.5. The second kappa shape index (κ2) is 6.24. The van der Waals surface area contributed by atoms with Crippen molar-refractivity contribution in [2.24, 2.45) is 11.8 Å². The highest BCUT2D eigenvalue weighted by Crippen LogP contribution is 2.25. The van der Waals surface area contributed by atoms with Gasteiger partial charge in [0.2, 0.25) is 0 Å². The van der Waals surface area contributed by atoms with Gasteiger partial charge in [0.05, 0.1) is 13.5 Å². The van der Waals surface area contributed by atoms with E-state index >= 15 is 0 Å². The van der Waals surface area contributed by atoms with Gasteiger partial charge in [0.15, 0.2) is 0 Å². The average Bonchev–Trinajstić information content (AvgIpc) is 2.28. The Bertz CT molecular complexity index is 220. The summed E-state index contributed by atoms with van der Waals surface area (Å²) in [4.78, 5) is 13.6. The summed E-state index contributed by atoms with van der Waals surface area (Å²) in [5.74, 6) is 1.55. The van der Waals surface area contributed by atoms with Crippen molar-refractivity contribution in [3.63, 3.8) is 0 Å². The SMILES string of the molecule is COC(=O)CC(C)N1CCC(C(C)C)CC1. The summed E-state index contributed by atoms with van der Waals surface area (Å²) in [6, 6.07) is 0.320. The molecule has 0 amide bonds. The standard InChI is InChI=1S/C13H25NO2/c1-10(2)12-5-7-14(8-6-12)11(3)9-13(15)16-4/h10-12H,5-9H2,1-4H3. The van der Waals surface area contributed by atoms with Crippen molar-refractivity contribution in [2.75, 3.05) is 20.2 Å². The van der Waals surface area contributed by atoms with E-state index in [1.807, 2.05) is 0 Å². The number of carbonyl (C=O) groups excluding carboxylic acids is 1. The van der Waals surface area contributed by atoms with Gasteiger partial charge in [-0.25, -0.2) is 0 Å². The molecule has 0 bridgehead atoms. The van der Waals surface area contributed by atoms with Crippen molar-refractivity contribution >= 4 is 5.97 Å². The molecule has 0 saturated carbocycles. The van der Waals surface area contributed by atoms with Crippen LogP contribution in [-0.4, -0.2) is 37.1 Å². The molecule has 1 heterocycles. The molecule has 0 N–H and O–H groups in total. The Morgan fingerprint density at radius 2 is 1.88 bits per heavy atom. The Hall–Kier alpha value is -0.570. The first-order chi connectivity index (χ1) is 7.54. The monoisotopic (exact) mass is 227 g/mol. The van der Waals surface area contributed by atoms with E-state index in [9.17, 15) is 4.79 Å². The maximum absolute atomic E-state index is 11.2. The minimum atomic E-state index is -0.0986. The summed E-state index contributed by atoms with van der Waals surface area (Å²) in [7, 11) is 1.46. The highest BCUT2D eigenvalue weighted by molar-refractivity contribution is 5.69. The van der Waals surface area contributed by atoms with Crippen LogP contribution in [0, 0.1) is 11.8 Å². The molecule has 1 atom stereocenters. The van der Waals surface area contributed by atoms with Crippen molar-refractivity contribution in [1.29, 1.82) is 0 Å². The molecular weight excluding hydrogens is 202 g/mol. The number of nitrogens with zero attached hydrogens (tertiary/aromatic N) is 1. The Morgan fingerprint density at radius 3 is 2.31 bits per heavy atom. The van der Waals surface area contributed by atoms with Gasteiger partial charge in [-0.15, -0.1) is 0 Å². The predicted molar refractivity (Wildman–Crippen MR) is 65.2 cm³/mol. The molecule has 1 saturated heterocycles. The number of ether oxygens (including phenoxy) is 1.